The van der Waals surface area contributed by atoms with Gasteiger partial charge < -0.3 is 14.4 Å². The molecular weight excluding hydrogens is 393 g/mol. The van der Waals surface area contributed by atoms with Crippen molar-refractivity contribution >= 4 is 0 Å². The Balaban J connectivity index is 1.05. The van der Waals surface area contributed by atoms with Crippen molar-refractivity contribution in [3.8, 4) is 5.88 Å². The zero-order chi connectivity index (χ0) is 21.6. The molecule has 0 aromatic carbocycles. The molecule has 5 rings (SSSR count). The number of halogens is 1. The van der Waals surface area contributed by atoms with Gasteiger partial charge in [-0.05, 0) is 95.4 Å². The van der Waals surface area contributed by atoms with Gasteiger partial charge >= 0.3 is 0 Å². The van der Waals surface area contributed by atoms with Crippen LogP contribution < -0.4 is 4.74 Å². The van der Waals surface area contributed by atoms with Crippen LogP contribution in [0.4, 0.5) is 4.39 Å². The molecule has 5 nitrogen and oxygen atoms in total. The molecule has 0 radical (unpaired) electrons. The SMILES string of the molecule is CC(C)(C)Oc1cncc(CCN2CCC3(CC2)CC(OC2=CC4CC4C=C2F)C3)n1. The second-order valence-corrected chi connectivity index (χ2v) is 10.9. The third-order valence-corrected chi connectivity index (χ3v) is 7.14. The van der Waals surface area contributed by atoms with Crippen molar-refractivity contribution in [2.24, 2.45) is 17.3 Å². The molecule has 168 valence electrons. The van der Waals surface area contributed by atoms with E-state index in [0.29, 0.717) is 28.9 Å². The number of piperidine rings is 1. The Hall–Kier alpha value is -1.95. The molecule has 1 aromatic rings. The summed E-state index contributed by atoms with van der Waals surface area (Å²) in [6, 6.07) is 0. The van der Waals surface area contributed by atoms with E-state index in [2.05, 4.69) is 14.9 Å². The van der Waals surface area contributed by atoms with E-state index < -0.39 is 0 Å². The van der Waals surface area contributed by atoms with Crippen LogP contribution in [-0.4, -0.2) is 46.2 Å². The molecule has 2 saturated carbocycles. The van der Waals surface area contributed by atoms with Crippen LogP contribution in [0.3, 0.4) is 0 Å². The van der Waals surface area contributed by atoms with Crippen molar-refractivity contribution in [2.45, 2.75) is 71.0 Å². The van der Waals surface area contributed by atoms with E-state index in [9.17, 15) is 4.39 Å². The van der Waals surface area contributed by atoms with Crippen LogP contribution in [0.25, 0.3) is 0 Å². The number of likely N-dealkylation sites (tertiary alicyclic amines) is 1. The molecule has 3 aliphatic carbocycles. The monoisotopic (exact) mass is 427 g/mol. The number of allylic oxidation sites excluding steroid dienone is 3. The third kappa shape index (κ3) is 4.94. The lowest BCUT2D eigenvalue weighted by atomic mass is 9.61. The molecule has 1 aromatic heterocycles. The van der Waals surface area contributed by atoms with Crippen LogP contribution >= 0.6 is 0 Å². The van der Waals surface area contributed by atoms with Gasteiger partial charge in [-0.3, -0.25) is 4.98 Å². The minimum atomic E-state index is -0.269. The van der Waals surface area contributed by atoms with Crippen LogP contribution in [0.1, 0.15) is 58.6 Å². The van der Waals surface area contributed by atoms with Gasteiger partial charge in [0, 0.05) is 19.2 Å². The lowest BCUT2D eigenvalue weighted by Gasteiger charge is -2.52. The fourth-order valence-electron chi connectivity index (χ4n) is 5.23. The Labute approximate surface area is 184 Å². The van der Waals surface area contributed by atoms with Crippen LogP contribution in [-0.2, 0) is 11.2 Å². The highest BCUT2D eigenvalue weighted by molar-refractivity contribution is 5.32. The first-order valence-electron chi connectivity index (χ1n) is 11.8. The molecule has 1 aliphatic heterocycles. The van der Waals surface area contributed by atoms with Crippen molar-refractivity contribution in [3.63, 3.8) is 0 Å². The fourth-order valence-corrected chi connectivity index (χ4v) is 5.23. The van der Waals surface area contributed by atoms with Crippen molar-refractivity contribution in [3.05, 3.63) is 41.8 Å². The average Bonchev–Trinajstić information content (AvgIpc) is 3.43. The Morgan fingerprint density at radius 1 is 1.13 bits per heavy atom. The van der Waals surface area contributed by atoms with Crippen LogP contribution in [0.5, 0.6) is 5.88 Å². The number of nitrogens with zero attached hydrogens (tertiary/aromatic N) is 3. The number of ether oxygens (including phenoxy) is 2. The highest BCUT2D eigenvalue weighted by Crippen LogP contribution is 2.52. The standard InChI is InChI=1S/C25H34FN3O2/c1-24(2,3)31-23-16-27-15-19(28-23)4-7-29-8-5-25(6-9-29)13-20(14-25)30-22-12-18-10-17(18)11-21(22)26/h11-12,15-18,20H,4-10,13-14H2,1-3H3. The van der Waals surface area contributed by atoms with E-state index in [0.717, 1.165) is 51.0 Å². The molecule has 31 heavy (non-hydrogen) atoms. The number of hydrogen-bond donors (Lipinski definition) is 0. The molecule has 2 heterocycles. The summed E-state index contributed by atoms with van der Waals surface area (Å²) in [5, 5.41) is 0. The molecule has 0 bridgehead atoms. The van der Waals surface area contributed by atoms with Gasteiger partial charge in [0.25, 0.3) is 0 Å². The second kappa shape index (κ2) is 7.88. The van der Waals surface area contributed by atoms with E-state index in [1.807, 2.05) is 33.0 Å². The zero-order valence-corrected chi connectivity index (χ0v) is 18.9. The number of fused-ring (bicyclic) bond motifs is 1. The summed E-state index contributed by atoms with van der Waals surface area (Å²) in [4.78, 5) is 11.4. The summed E-state index contributed by atoms with van der Waals surface area (Å²) in [6.45, 7) is 9.27. The molecular formula is C25H34FN3O2. The van der Waals surface area contributed by atoms with Crippen LogP contribution in [0, 0.1) is 17.3 Å². The molecule has 0 N–H and O–H groups in total. The van der Waals surface area contributed by atoms with Crippen LogP contribution in [0.15, 0.2) is 36.1 Å². The highest BCUT2D eigenvalue weighted by atomic mass is 19.1. The third-order valence-electron chi connectivity index (χ3n) is 7.14. The highest BCUT2D eigenvalue weighted by Gasteiger charge is 2.48. The Bertz CT molecular complexity index is 875. The number of hydrogen-bond acceptors (Lipinski definition) is 5. The average molecular weight is 428 g/mol. The molecule has 2 unspecified atom stereocenters. The first kappa shape index (κ1) is 20.9. The number of rotatable bonds is 6. The second-order valence-electron chi connectivity index (χ2n) is 10.9. The van der Waals surface area contributed by atoms with Crippen molar-refractivity contribution in [1.29, 1.82) is 0 Å². The predicted octanol–water partition coefficient (Wildman–Crippen LogP) is 4.84. The van der Waals surface area contributed by atoms with E-state index in [-0.39, 0.29) is 17.5 Å². The van der Waals surface area contributed by atoms with Gasteiger partial charge in [-0.25, -0.2) is 9.37 Å². The van der Waals surface area contributed by atoms with Gasteiger partial charge in [-0.2, -0.15) is 0 Å². The molecule has 2 atom stereocenters. The van der Waals surface area contributed by atoms with Gasteiger partial charge in [0.15, 0.2) is 11.6 Å². The van der Waals surface area contributed by atoms with Gasteiger partial charge in [0.05, 0.1) is 18.0 Å². The summed E-state index contributed by atoms with van der Waals surface area (Å²) >= 11 is 0. The first-order valence-corrected chi connectivity index (χ1v) is 11.8. The van der Waals surface area contributed by atoms with Crippen LogP contribution in [0.2, 0.25) is 0 Å². The van der Waals surface area contributed by atoms with E-state index in [1.165, 1.54) is 12.8 Å². The lowest BCUT2D eigenvalue weighted by molar-refractivity contribution is -0.0820. The van der Waals surface area contributed by atoms with Gasteiger partial charge in [0.2, 0.25) is 5.88 Å². The van der Waals surface area contributed by atoms with Crippen molar-refractivity contribution in [2.75, 3.05) is 19.6 Å². The van der Waals surface area contributed by atoms with Crippen molar-refractivity contribution in [1.82, 2.24) is 14.9 Å². The van der Waals surface area contributed by atoms with Crippen molar-refractivity contribution < 1.29 is 13.9 Å². The Morgan fingerprint density at radius 2 is 1.87 bits per heavy atom. The predicted molar refractivity (Wildman–Crippen MR) is 117 cm³/mol. The Kier molecular flexibility index (Phi) is 5.32. The summed E-state index contributed by atoms with van der Waals surface area (Å²) in [6.07, 6.45) is 14.0. The molecule has 0 amide bonds. The van der Waals surface area contributed by atoms with Gasteiger partial charge in [0.1, 0.15) is 5.60 Å². The van der Waals surface area contributed by atoms with E-state index in [1.54, 1.807) is 12.3 Å². The fraction of sp³-hybridized carbons (Fsp3) is 0.680. The smallest absolute Gasteiger partial charge is 0.233 e. The summed E-state index contributed by atoms with van der Waals surface area (Å²) in [5.41, 5.74) is 1.11. The van der Waals surface area contributed by atoms with Gasteiger partial charge in [-0.1, -0.05) is 0 Å². The Morgan fingerprint density at radius 3 is 2.61 bits per heavy atom. The quantitative estimate of drug-likeness (QED) is 0.650. The van der Waals surface area contributed by atoms with Gasteiger partial charge in [-0.15, -0.1) is 0 Å². The van der Waals surface area contributed by atoms with E-state index in [4.69, 9.17) is 9.47 Å². The summed E-state index contributed by atoms with van der Waals surface area (Å²) < 4.78 is 26.0. The maximum Gasteiger partial charge on any atom is 0.233 e. The largest absolute Gasteiger partial charge is 0.488 e. The number of aromatic nitrogens is 2. The summed E-state index contributed by atoms with van der Waals surface area (Å²) in [5.74, 6) is 1.92. The van der Waals surface area contributed by atoms with E-state index >= 15 is 0 Å². The first-order chi connectivity index (χ1) is 14.8. The lowest BCUT2D eigenvalue weighted by Crippen LogP contribution is -2.50. The molecule has 3 fully saturated rings. The zero-order valence-electron chi connectivity index (χ0n) is 18.9. The normalized spacial score (nSPS) is 27.7. The maximum absolute atomic E-state index is 14.1. The molecule has 4 aliphatic rings. The molecule has 1 spiro atoms. The molecule has 1 saturated heterocycles. The minimum absolute atomic E-state index is 0.144. The maximum atomic E-state index is 14.1. The minimum Gasteiger partial charge on any atom is -0.488 e. The molecule has 6 heteroatoms. The summed E-state index contributed by atoms with van der Waals surface area (Å²) in [7, 11) is 0. The topological polar surface area (TPSA) is 47.5 Å².